The summed E-state index contributed by atoms with van der Waals surface area (Å²) in [6.07, 6.45) is 2.77. The Morgan fingerprint density at radius 1 is 1.29 bits per heavy atom. The summed E-state index contributed by atoms with van der Waals surface area (Å²) in [5.74, 6) is 0.437. The zero-order chi connectivity index (χ0) is 14.4. The number of hydrogen-bond acceptors (Lipinski definition) is 2. The molecule has 0 heterocycles. The monoisotopic (exact) mass is 407 g/mol. The van der Waals surface area contributed by atoms with Crippen molar-refractivity contribution in [1.29, 1.82) is 0 Å². The molecule has 0 radical (unpaired) electrons. The van der Waals surface area contributed by atoms with Crippen molar-refractivity contribution >= 4 is 29.9 Å². The molecule has 1 aromatic rings. The molecule has 3 N–H and O–H groups in total. The van der Waals surface area contributed by atoms with Crippen molar-refractivity contribution in [2.75, 3.05) is 13.1 Å². The summed E-state index contributed by atoms with van der Waals surface area (Å²) in [6.45, 7) is 3.75. The van der Waals surface area contributed by atoms with Gasteiger partial charge in [-0.05, 0) is 43.9 Å². The van der Waals surface area contributed by atoms with Gasteiger partial charge in [0, 0.05) is 13.1 Å². The second-order valence-corrected chi connectivity index (χ2v) is 5.25. The van der Waals surface area contributed by atoms with Crippen molar-refractivity contribution in [3.8, 4) is 0 Å². The van der Waals surface area contributed by atoms with Gasteiger partial charge in [0.05, 0.1) is 12.1 Å². The van der Waals surface area contributed by atoms with Crippen LogP contribution in [0.2, 0.25) is 0 Å². The molecule has 0 spiro atoms. The highest BCUT2D eigenvalue weighted by atomic mass is 127. The van der Waals surface area contributed by atoms with E-state index in [9.17, 15) is 9.50 Å². The van der Waals surface area contributed by atoms with Gasteiger partial charge in [0.15, 0.2) is 5.96 Å². The van der Waals surface area contributed by atoms with Gasteiger partial charge in [-0.25, -0.2) is 9.38 Å². The molecular formula is C15H23FIN3O. The standard InChI is InChI=1S/C15H22FN3O.HI/c1-2-17-14(19-11-15(20)8-3-9-15)18-10-12-4-6-13(16)7-5-12;/h4-7,20H,2-3,8-11H2,1H3,(H2,17,18,19);1H. The number of benzene rings is 1. The Balaban J connectivity index is 0.00000220. The lowest BCUT2D eigenvalue weighted by molar-refractivity contribution is -0.0279. The molecular weight excluding hydrogens is 384 g/mol. The van der Waals surface area contributed by atoms with Crippen LogP contribution in [0, 0.1) is 5.82 Å². The molecule has 2 rings (SSSR count). The second-order valence-electron chi connectivity index (χ2n) is 5.25. The van der Waals surface area contributed by atoms with Crippen LogP contribution in [-0.4, -0.2) is 29.8 Å². The molecule has 1 fully saturated rings. The van der Waals surface area contributed by atoms with Crippen molar-refractivity contribution in [1.82, 2.24) is 10.6 Å². The Labute approximate surface area is 142 Å². The summed E-state index contributed by atoms with van der Waals surface area (Å²) in [5, 5.41) is 16.4. The molecule has 0 saturated heterocycles. The van der Waals surface area contributed by atoms with Crippen molar-refractivity contribution in [3.05, 3.63) is 35.6 Å². The highest BCUT2D eigenvalue weighted by molar-refractivity contribution is 14.0. The average molecular weight is 407 g/mol. The van der Waals surface area contributed by atoms with Crippen LogP contribution in [0.4, 0.5) is 4.39 Å². The van der Waals surface area contributed by atoms with E-state index in [2.05, 4.69) is 15.6 Å². The number of nitrogens with one attached hydrogen (secondary N) is 2. The van der Waals surface area contributed by atoms with E-state index < -0.39 is 5.60 Å². The van der Waals surface area contributed by atoms with E-state index in [0.717, 1.165) is 31.4 Å². The Morgan fingerprint density at radius 2 is 1.95 bits per heavy atom. The molecule has 0 bridgehead atoms. The molecule has 0 aliphatic heterocycles. The topological polar surface area (TPSA) is 56.7 Å². The largest absolute Gasteiger partial charge is 0.388 e. The molecule has 0 unspecified atom stereocenters. The van der Waals surface area contributed by atoms with E-state index in [-0.39, 0.29) is 29.8 Å². The van der Waals surface area contributed by atoms with Crippen molar-refractivity contribution in [3.63, 3.8) is 0 Å². The van der Waals surface area contributed by atoms with Crippen LogP contribution in [0.1, 0.15) is 31.7 Å². The Kier molecular flexibility index (Phi) is 7.37. The lowest BCUT2D eigenvalue weighted by Gasteiger charge is -2.36. The molecule has 0 aromatic heterocycles. The molecule has 1 aromatic carbocycles. The first kappa shape index (κ1) is 18.2. The van der Waals surface area contributed by atoms with Crippen LogP contribution in [-0.2, 0) is 6.54 Å². The summed E-state index contributed by atoms with van der Waals surface area (Å²) in [5.41, 5.74) is 0.373. The number of hydrogen-bond donors (Lipinski definition) is 3. The fourth-order valence-corrected chi connectivity index (χ4v) is 2.11. The van der Waals surface area contributed by atoms with E-state index >= 15 is 0 Å². The molecule has 1 aliphatic carbocycles. The molecule has 118 valence electrons. The van der Waals surface area contributed by atoms with Gasteiger partial charge in [0.1, 0.15) is 5.82 Å². The van der Waals surface area contributed by atoms with Crippen LogP contribution < -0.4 is 10.6 Å². The number of nitrogens with zero attached hydrogens (tertiary/aromatic N) is 1. The van der Waals surface area contributed by atoms with Crippen LogP contribution in [0.3, 0.4) is 0 Å². The minimum Gasteiger partial charge on any atom is -0.388 e. The first-order valence-electron chi connectivity index (χ1n) is 7.10. The van der Waals surface area contributed by atoms with Crippen LogP contribution in [0.15, 0.2) is 29.3 Å². The van der Waals surface area contributed by atoms with E-state index in [1.54, 1.807) is 12.1 Å². The molecule has 0 amide bonds. The highest BCUT2D eigenvalue weighted by Gasteiger charge is 2.34. The molecule has 4 nitrogen and oxygen atoms in total. The minimum absolute atomic E-state index is 0. The van der Waals surface area contributed by atoms with Gasteiger partial charge in [-0.2, -0.15) is 0 Å². The van der Waals surface area contributed by atoms with Crippen molar-refractivity contribution < 1.29 is 9.50 Å². The van der Waals surface area contributed by atoms with Crippen molar-refractivity contribution in [2.45, 2.75) is 38.3 Å². The van der Waals surface area contributed by atoms with Gasteiger partial charge in [-0.15, -0.1) is 24.0 Å². The molecule has 1 saturated carbocycles. The SMILES string of the molecule is CCNC(=NCc1ccc(F)cc1)NCC1(O)CCC1.I. The third kappa shape index (κ3) is 5.78. The average Bonchev–Trinajstić information content (AvgIpc) is 2.41. The zero-order valence-electron chi connectivity index (χ0n) is 12.2. The fourth-order valence-electron chi connectivity index (χ4n) is 2.11. The molecule has 0 atom stereocenters. The maximum atomic E-state index is 12.8. The summed E-state index contributed by atoms with van der Waals surface area (Å²) >= 11 is 0. The summed E-state index contributed by atoms with van der Waals surface area (Å²) < 4.78 is 12.8. The first-order valence-corrected chi connectivity index (χ1v) is 7.10. The van der Waals surface area contributed by atoms with Gasteiger partial charge < -0.3 is 15.7 Å². The number of rotatable bonds is 5. The predicted molar refractivity (Wildman–Crippen MR) is 93.4 cm³/mol. The summed E-state index contributed by atoms with van der Waals surface area (Å²) in [4.78, 5) is 4.44. The molecule has 1 aliphatic rings. The Hall–Kier alpha value is -0.890. The predicted octanol–water partition coefficient (Wildman–Crippen LogP) is 2.41. The highest BCUT2D eigenvalue weighted by Crippen LogP contribution is 2.30. The number of aliphatic hydroxyl groups is 1. The van der Waals surface area contributed by atoms with E-state index in [1.165, 1.54) is 12.1 Å². The molecule has 21 heavy (non-hydrogen) atoms. The molecule has 6 heteroatoms. The van der Waals surface area contributed by atoms with Gasteiger partial charge in [0.2, 0.25) is 0 Å². The Morgan fingerprint density at radius 3 is 2.48 bits per heavy atom. The third-order valence-electron chi connectivity index (χ3n) is 3.55. The van der Waals surface area contributed by atoms with Crippen molar-refractivity contribution in [2.24, 2.45) is 4.99 Å². The third-order valence-corrected chi connectivity index (χ3v) is 3.55. The van der Waals surface area contributed by atoms with Crippen LogP contribution >= 0.6 is 24.0 Å². The normalized spacial score (nSPS) is 16.6. The maximum Gasteiger partial charge on any atom is 0.191 e. The van der Waals surface area contributed by atoms with Gasteiger partial charge in [-0.3, -0.25) is 0 Å². The van der Waals surface area contributed by atoms with Gasteiger partial charge >= 0.3 is 0 Å². The first-order chi connectivity index (χ1) is 9.61. The quantitative estimate of drug-likeness (QED) is 0.399. The Bertz CT molecular complexity index is 460. The van der Waals surface area contributed by atoms with Gasteiger partial charge in [0.25, 0.3) is 0 Å². The smallest absolute Gasteiger partial charge is 0.191 e. The van der Waals surface area contributed by atoms with E-state index in [4.69, 9.17) is 0 Å². The lowest BCUT2D eigenvalue weighted by Crippen LogP contribution is -2.50. The van der Waals surface area contributed by atoms with Gasteiger partial charge in [-0.1, -0.05) is 12.1 Å². The fraction of sp³-hybridized carbons (Fsp3) is 0.533. The number of guanidine groups is 1. The number of halogens is 2. The van der Waals surface area contributed by atoms with Crippen LogP contribution in [0.5, 0.6) is 0 Å². The van der Waals surface area contributed by atoms with E-state index in [1.807, 2.05) is 6.92 Å². The minimum atomic E-state index is -0.577. The zero-order valence-corrected chi connectivity index (χ0v) is 14.6. The number of aliphatic imine (C=N–C) groups is 1. The summed E-state index contributed by atoms with van der Waals surface area (Å²) in [7, 11) is 0. The maximum absolute atomic E-state index is 12.8. The van der Waals surface area contributed by atoms with Crippen LogP contribution in [0.25, 0.3) is 0 Å². The summed E-state index contributed by atoms with van der Waals surface area (Å²) in [6, 6.07) is 6.31. The lowest BCUT2D eigenvalue weighted by atomic mass is 9.80. The second kappa shape index (κ2) is 8.53. The van der Waals surface area contributed by atoms with E-state index in [0.29, 0.717) is 19.0 Å².